The fourth-order valence-corrected chi connectivity index (χ4v) is 0.979. The van der Waals surface area contributed by atoms with Crippen LogP contribution in [0, 0.1) is 0 Å². The molecule has 4 heteroatoms. The third kappa shape index (κ3) is 3.10. The molecule has 1 aliphatic heterocycles. The van der Waals surface area contributed by atoms with Crippen LogP contribution in [0.2, 0.25) is 0 Å². The topological polar surface area (TPSA) is 29.1 Å². The Bertz CT molecular complexity index is 69.3. The zero-order chi connectivity index (χ0) is 4.41. The molecule has 1 rings (SSSR count). The average molecular weight is 143 g/mol. The number of hydrogen-bond donors (Lipinski definition) is 1. The van der Waals surface area contributed by atoms with Gasteiger partial charge >= 0.3 is 51.4 Å². The molecule has 1 N–H and O–H groups in total. The first-order valence-corrected chi connectivity index (χ1v) is 2.89. The van der Waals surface area contributed by atoms with E-state index in [-0.39, 0.29) is 57.3 Å². The molecule has 0 unspecified atom stereocenters. The van der Waals surface area contributed by atoms with Gasteiger partial charge in [0.2, 0.25) is 5.91 Å². The molecule has 7 heavy (non-hydrogen) atoms. The first kappa shape index (κ1) is 8.46. The van der Waals surface area contributed by atoms with Crippen LogP contribution in [0.4, 0.5) is 0 Å². The first-order valence-electron chi connectivity index (χ1n) is 1.74. The van der Waals surface area contributed by atoms with Crippen LogP contribution in [0.5, 0.6) is 0 Å². The molecule has 0 bridgehead atoms. The molecule has 0 atom stereocenters. The van der Waals surface area contributed by atoms with Gasteiger partial charge in [0, 0.05) is 0 Å². The van der Waals surface area contributed by atoms with E-state index in [1.807, 2.05) is 0 Å². The van der Waals surface area contributed by atoms with E-state index in [2.05, 4.69) is 5.32 Å². The van der Waals surface area contributed by atoms with E-state index in [1.165, 1.54) is 0 Å². The number of hydrogen-bond acceptors (Lipinski definition) is 2. The number of thioether (sulfide) groups is 1. The SMILES string of the molecule is O=C1CSCN1.[KH]. The Morgan fingerprint density at radius 3 is 2.57 bits per heavy atom. The van der Waals surface area contributed by atoms with Crippen molar-refractivity contribution in [3.8, 4) is 0 Å². The van der Waals surface area contributed by atoms with E-state index in [1.54, 1.807) is 11.8 Å². The summed E-state index contributed by atoms with van der Waals surface area (Å²) in [4.78, 5) is 10.1. The van der Waals surface area contributed by atoms with Crippen molar-refractivity contribution in [2.24, 2.45) is 0 Å². The molecule has 1 amide bonds. The van der Waals surface area contributed by atoms with Gasteiger partial charge in [0.25, 0.3) is 0 Å². The van der Waals surface area contributed by atoms with E-state index in [0.717, 1.165) is 5.88 Å². The first-order chi connectivity index (χ1) is 2.89. The van der Waals surface area contributed by atoms with Crippen LogP contribution in [0.25, 0.3) is 0 Å². The zero-order valence-electron chi connectivity index (χ0n) is 3.23. The van der Waals surface area contributed by atoms with Gasteiger partial charge in [-0.1, -0.05) is 0 Å². The Kier molecular flexibility index (Phi) is 5.25. The molecule has 0 aromatic carbocycles. The van der Waals surface area contributed by atoms with Gasteiger partial charge in [-0.3, -0.25) is 4.79 Å². The van der Waals surface area contributed by atoms with Gasteiger partial charge in [-0.15, -0.1) is 11.8 Å². The van der Waals surface area contributed by atoms with Crippen LogP contribution in [0.1, 0.15) is 0 Å². The van der Waals surface area contributed by atoms with E-state index in [4.69, 9.17) is 0 Å². The molecule has 0 aromatic heterocycles. The van der Waals surface area contributed by atoms with Crippen molar-refractivity contribution in [3.05, 3.63) is 0 Å². The molecule has 1 fully saturated rings. The third-order valence-electron chi connectivity index (χ3n) is 0.605. The van der Waals surface area contributed by atoms with Gasteiger partial charge in [-0.25, -0.2) is 0 Å². The summed E-state index contributed by atoms with van der Waals surface area (Å²) in [5, 5.41) is 2.64. The van der Waals surface area contributed by atoms with Crippen LogP contribution in [-0.2, 0) is 4.79 Å². The molecule has 0 aromatic rings. The summed E-state index contributed by atoms with van der Waals surface area (Å²) in [6, 6.07) is 0. The average Bonchev–Trinajstić information content (AvgIpc) is 1.86. The van der Waals surface area contributed by atoms with Crippen molar-refractivity contribution in [1.29, 1.82) is 0 Å². The van der Waals surface area contributed by atoms with Crippen molar-refractivity contribution in [3.63, 3.8) is 0 Å². The summed E-state index contributed by atoms with van der Waals surface area (Å²) in [6.07, 6.45) is 0. The number of carbonyl (C=O) groups excluding carboxylic acids is 1. The third-order valence-corrected chi connectivity index (χ3v) is 1.42. The van der Waals surface area contributed by atoms with Gasteiger partial charge in [0.1, 0.15) is 0 Å². The van der Waals surface area contributed by atoms with Gasteiger partial charge < -0.3 is 5.32 Å². The standard InChI is InChI=1S/C3H5NOS.K.H/c5-3-1-6-2-4-3;;/h1-2H2,(H,4,5);;. The van der Waals surface area contributed by atoms with Gasteiger partial charge in [-0.2, -0.15) is 0 Å². The van der Waals surface area contributed by atoms with Crippen molar-refractivity contribution >= 4 is 69.1 Å². The minimum atomic E-state index is 0. The second-order valence-corrected chi connectivity index (χ2v) is 2.08. The second-order valence-electron chi connectivity index (χ2n) is 1.09. The maximum atomic E-state index is 10.1. The fourth-order valence-electron chi connectivity index (χ4n) is 0.326. The predicted octanol–water partition coefficient (Wildman–Crippen LogP) is -0.842. The van der Waals surface area contributed by atoms with Crippen molar-refractivity contribution in [2.45, 2.75) is 0 Å². The Morgan fingerprint density at radius 2 is 2.43 bits per heavy atom. The molecule has 0 aliphatic carbocycles. The Labute approximate surface area is 89.2 Å². The summed E-state index contributed by atoms with van der Waals surface area (Å²) in [6.45, 7) is 0. The summed E-state index contributed by atoms with van der Waals surface area (Å²) in [5.74, 6) is 1.62. The van der Waals surface area contributed by atoms with Crippen molar-refractivity contribution in [1.82, 2.24) is 5.32 Å². The van der Waals surface area contributed by atoms with E-state index < -0.39 is 0 Å². The molecular formula is C3H6KNOS. The second kappa shape index (κ2) is 4.35. The molecule has 0 saturated carbocycles. The summed E-state index contributed by atoms with van der Waals surface area (Å²) >= 11 is 1.62. The molecule has 0 spiro atoms. The molecule has 1 aliphatic rings. The predicted molar refractivity (Wildman–Crippen MR) is 32.6 cm³/mol. The Hall–Kier alpha value is 1.46. The quantitative estimate of drug-likeness (QED) is 0.448. The van der Waals surface area contributed by atoms with Crippen molar-refractivity contribution < 1.29 is 4.79 Å². The van der Waals surface area contributed by atoms with Crippen LogP contribution < -0.4 is 5.32 Å². The van der Waals surface area contributed by atoms with Gasteiger partial charge in [0.05, 0.1) is 11.6 Å². The summed E-state index contributed by atoms with van der Waals surface area (Å²) in [5.41, 5.74) is 0. The monoisotopic (exact) mass is 143 g/mol. The summed E-state index contributed by atoms with van der Waals surface area (Å²) in [7, 11) is 0. The normalized spacial score (nSPS) is 18.0. The number of rotatable bonds is 0. The van der Waals surface area contributed by atoms with E-state index in [9.17, 15) is 4.79 Å². The number of nitrogens with one attached hydrogen (secondary N) is 1. The van der Waals surface area contributed by atoms with Gasteiger partial charge in [-0.05, 0) is 0 Å². The van der Waals surface area contributed by atoms with Crippen molar-refractivity contribution in [2.75, 3.05) is 11.6 Å². The van der Waals surface area contributed by atoms with Crippen LogP contribution >= 0.6 is 11.8 Å². The number of carbonyl (C=O) groups is 1. The number of amides is 1. The maximum absolute atomic E-state index is 10.1. The molecular weight excluding hydrogens is 137 g/mol. The molecule has 1 heterocycles. The molecule has 1 saturated heterocycles. The van der Waals surface area contributed by atoms with E-state index >= 15 is 0 Å². The Morgan fingerprint density at radius 1 is 1.71 bits per heavy atom. The van der Waals surface area contributed by atoms with Crippen LogP contribution in [-0.4, -0.2) is 68.9 Å². The fraction of sp³-hybridized carbons (Fsp3) is 0.667. The van der Waals surface area contributed by atoms with E-state index in [0.29, 0.717) is 5.75 Å². The minimum absolute atomic E-state index is 0. The zero-order valence-corrected chi connectivity index (χ0v) is 4.05. The summed E-state index contributed by atoms with van der Waals surface area (Å²) < 4.78 is 0. The van der Waals surface area contributed by atoms with Crippen LogP contribution in [0.3, 0.4) is 0 Å². The molecule has 0 radical (unpaired) electrons. The van der Waals surface area contributed by atoms with Crippen LogP contribution in [0.15, 0.2) is 0 Å². The Balaban J connectivity index is 0.000000360. The van der Waals surface area contributed by atoms with Gasteiger partial charge in [0.15, 0.2) is 0 Å². The molecule has 2 nitrogen and oxygen atoms in total. The molecule has 36 valence electrons.